The third-order valence-electron chi connectivity index (χ3n) is 3.22. The van der Waals surface area contributed by atoms with E-state index >= 15 is 0 Å². The molecule has 19 heavy (non-hydrogen) atoms. The van der Waals surface area contributed by atoms with Crippen LogP contribution in [0.1, 0.15) is 19.3 Å². The van der Waals surface area contributed by atoms with Crippen molar-refractivity contribution in [1.82, 2.24) is 10.2 Å². The summed E-state index contributed by atoms with van der Waals surface area (Å²) in [5, 5.41) is 11.5. The molecule has 0 aromatic rings. The van der Waals surface area contributed by atoms with Crippen LogP contribution in [-0.2, 0) is 9.53 Å². The van der Waals surface area contributed by atoms with Crippen molar-refractivity contribution in [2.24, 2.45) is 5.92 Å². The maximum absolute atomic E-state index is 11.9. The average Bonchev–Trinajstić information content (AvgIpc) is 2.39. The second-order valence-electron chi connectivity index (χ2n) is 4.80. The second kappa shape index (κ2) is 7.78. The van der Waals surface area contributed by atoms with Gasteiger partial charge in [0.15, 0.2) is 0 Å². The molecule has 1 heterocycles. The summed E-state index contributed by atoms with van der Waals surface area (Å²) in [7, 11) is 1.68. The Hall–Kier alpha value is -1.56. The molecule has 0 aliphatic carbocycles. The van der Waals surface area contributed by atoms with Crippen molar-refractivity contribution in [2.75, 3.05) is 26.8 Å². The normalized spacial score (nSPS) is 17.5. The summed E-state index contributed by atoms with van der Waals surface area (Å²) in [5.41, 5.74) is 0. The molecule has 2 amide bonds. The maximum Gasteiger partial charge on any atom is 0.326 e. The van der Waals surface area contributed by atoms with Crippen molar-refractivity contribution >= 4 is 12.0 Å². The van der Waals surface area contributed by atoms with E-state index in [-0.39, 0.29) is 12.5 Å². The molecule has 1 saturated heterocycles. The number of amides is 2. The third kappa shape index (κ3) is 5.30. The highest BCUT2D eigenvalue weighted by Crippen LogP contribution is 2.15. The van der Waals surface area contributed by atoms with Gasteiger partial charge in [-0.2, -0.15) is 0 Å². The van der Waals surface area contributed by atoms with E-state index in [1.54, 1.807) is 7.05 Å². The fraction of sp³-hybridized carbons (Fsp3) is 0.692. The topological polar surface area (TPSA) is 78.9 Å². The quantitative estimate of drug-likeness (QED) is 0.708. The first-order valence-corrected chi connectivity index (χ1v) is 6.47. The van der Waals surface area contributed by atoms with Gasteiger partial charge in [0.05, 0.1) is 0 Å². The van der Waals surface area contributed by atoms with Crippen LogP contribution in [0.4, 0.5) is 4.79 Å². The molecule has 1 aliphatic rings. The van der Waals surface area contributed by atoms with E-state index in [4.69, 9.17) is 9.84 Å². The van der Waals surface area contributed by atoms with Crippen LogP contribution in [0.25, 0.3) is 0 Å². The summed E-state index contributed by atoms with van der Waals surface area (Å²) in [6, 6.07) is -1.28. The first kappa shape index (κ1) is 15.5. The third-order valence-corrected chi connectivity index (χ3v) is 3.22. The Labute approximate surface area is 113 Å². The van der Waals surface area contributed by atoms with E-state index in [1.807, 2.05) is 0 Å². The number of hydrogen-bond donors (Lipinski definition) is 2. The van der Waals surface area contributed by atoms with Crippen molar-refractivity contribution < 1.29 is 19.4 Å². The molecule has 0 saturated carbocycles. The Morgan fingerprint density at radius 2 is 2.16 bits per heavy atom. The van der Waals surface area contributed by atoms with Crippen LogP contribution in [0.5, 0.6) is 0 Å². The number of carboxylic acids is 1. The van der Waals surface area contributed by atoms with Gasteiger partial charge in [-0.05, 0) is 25.2 Å². The predicted octanol–water partition coefficient (Wildman–Crippen LogP) is 1.08. The van der Waals surface area contributed by atoms with Gasteiger partial charge in [0.1, 0.15) is 6.04 Å². The molecule has 2 N–H and O–H groups in total. The number of aliphatic carboxylic acids is 1. The lowest BCUT2D eigenvalue weighted by molar-refractivity contribution is -0.139. The van der Waals surface area contributed by atoms with E-state index in [1.165, 1.54) is 11.0 Å². The Kier molecular flexibility index (Phi) is 6.35. The summed E-state index contributed by atoms with van der Waals surface area (Å²) < 4.78 is 5.26. The molecule has 6 nitrogen and oxygen atoms in total. The summed E-state index contributed by atoms with van der Waals surface area (Å²) >= 11 is 0. The van der Waals surface area contributed by atoms with E-state index < -0.39 is 12.0 Å². The highest BCUT2D eigenvalue weighted by Gasteiger charge is 2.22. The number of carboxylic acid groups (broad SMARTS) is 1. The molecule has 1 rings (SSSR count). The molecule has 1 aliphatic heterocycles. The van der Waals surface area contributed by atoms with Crippen LogP contribution in [0.3, 0.4) is 0 Å². The van der Waals surface area contributed by atoms with Crippen LogP contribution in [0.15, 0.2) is 12.7 Å². The zero-order valence-electron chi connectivity index (χ0n) is 11.3. The predicted molar refractivity (Wildman–Crippen MR) is 70.9 cm³/mol. The van der Waals surface area contributed by atoms with Gasteiger partial charge in [-0.15, -0.1) is 6.58 Å². The van der Waals surface area contributed by atoms with Gasteiger partial charge in [0, 0.05) is 26.8 Å². The zero-order valence-corrected chi connectivity index (χ0v) is 11.3. The molecule has 1 atom stereocenters. The zero-order chi connectivity index (χ0) is 14.3. The minimum absolute atomic E-state index is 0.214. The van der Waals surface area contributed by atoms with E-state index in [2.05, 4.69) is 11.9 Å². The number of hydrogen-bond acceptors (Lipinski definition) is 3. The van der Waals surface area contributed by atoms with Crippen molar-refractivity contribution in [3.05, 3.63) is 12.7 Å². The molecular weight excluding hydrogens is 248 g/mol. The number of nitrogens with one attached hydrogen (secondary N) is 1. The van der Waals surface area contributed by atoms with Crippen molar-refractivity contribution in [3.63, 3.8) is 0 Å². The maximum atomic E-state index is 11.9. The summed E-state index contributed by atoms with van der Waals surface area (Å²) in [5.74, 6) is -0.625. The molecule has 1 fully saturated rings. The average molecular weight is 270 g/mol. The lowest BCUT2D eigenvalue weighted by Crippen LogP contribution is -2.47. The van der Waals surface area contributed by atoms with Crippen LogP contribution in [-0.4, -0.2) is 54.9 Å². The molecule has 108 valence electrons. The summed E-state index contributed by atoms with van der Waals surface area (Å²) in [6.07, 6.45) is 3.57. The highest BCUT2D eigenvalue weighted by molar-refractivity contribution is 5.82. The SMILES string of the molecule is C=CCC(NC(=O)N(C)CC1CCOCC1)C(=O)O. The van der Waals surface area contributed by atoms with Crippen molar-refractivity contribution in [3.8, 4) is 0 Å². The van der Waals surface area contributed by atoms with Crippen molar-refractivity contribution in [1.29, 1.82) is 0 Å². The molecule has 0 aromatic heterocycles. The van der Waals surface area contributed by atoms with Gasteiger partial charge in [0.25, 0.3) is 0 Å². The number of carbonyl (C=O) groups is 2. The molecule has 6 heteroatoms. The van der Waals surface area contributed by atoms with E-state index in [0.29, 0.717) is 12.5 Å². The van der Waals surface area contributed by atoms with E-state index in [0.717, 1.165) is 26.1 Å². The van der Waals surface area contributed by atoms with Gasteiger partial charge >= 0.3 is 12.0 Å². The van der Waals surface area contributed by atoms with Crippen LogP contribution >= 0.6 is 0 Å². The smallest absolute Gasteiger partial charge is 0.326 e. The molecule has 0 spiro atoms. The monoisotopic (exact) mass is 270 g/mol. The lowest BCUT2D eigenvalue weighted by atomic mass is 10.00. The second-order valence-corrected chi connectivity index (χ2v) is 4.80. The molecule has 0 radical (unpaired) electrons. The Morgan fingerprint density at radius 3 is 2.68 bits per heavy atom. The molecule has 0 bridgehead atoms. The molecule has 1 unspecified atom stereocenters. The Balaban J connectivity index is 2.41. The molecule has 0 aromatic carbocycles. The number of rotatable bonds is 6. The van der Waals surface area contributed by atoms with Crippen LogP contribution < -0.4 is 5.32 Å². The largest absolute Gasteiger partial charge is 0.480 e. The first-order valence-electron chi connectivity index (χ1n) is 6.47. The summed E-state index contributed by atoms with van der Waals surface area (Å²) in [6.45, 7) is 5.57. The number of nitrogens with zero attached hydrogens (tertiary/aromatic N) is 1. The van der Waals surface area contributed by atoms with Gasteiger partial charge in [-0.25, -0.2) is 9.59 Å². The summed E-state index contributed by atoms with van der Waals surface area (Å²) in [4.78, 5) is 24.4. The van der Waals surface area contributed by atoms with Crippen LogP contribution in [0.2, 0.25) is 0 Å². The van der Waals surface area contributed by atoms with Crippen molar-refractivity contribution in [2.45, 2.75) is 25.3 Å². The minimum atomic E-state index is -1.05. The molecular formula is C13H22N2O4. The number of ether oxygens (including phenoxy) is 1. The minimum Gasteiger partial charge on any atom is -0.480 e. The Morgan fingerprint density at radius 1 is 1.53 bits per heavy atom. The van der Waals surface area contributed by atoms with Crippen LogP contribution in [0, 0.1) is 5.92 Å². The fourth-order valence-electron chi connectivity index (χ4n) is 2.05. The fourth-order valence-corrected chi connectivity index (χ4v) is 2.05. The number of carbonyl (C=O) groups excluding carboxylic acids is 1. The van der Waals surface area contributed by atoms with Gasteiger partial charge < -0.3 is 20.1 Å². The van der Waals surface area contributed by atoms with Gasteiger partial charge in [0.2, 0.25) is 0 Å². The standard InChI is InChI=1S/C13H22N2O4/c1-3-4-11(12(16)17)14-13(18)15(2)9-10-5-7-19-8-6-10/h3,10-11H,1,4-9H2,2H3,(H,14,18)(H,16,17). The van der Waals surface area contributed by atoms with Gasteiger partial charge in [-0.3, -0.25) is 0 Å². The number of urea groups is 1. The highest BCUT2D eigenvalue weighted by atomic mass is 16.5. The first-order chi connectivity index (χ1) is 9.04. The van der Waals surface area contributed by atoms with Gasteiger partial charge in [-0.1, -0.05) is 6.08 Å². The van der Waals surface area contributed by atoms with E-state index in [9.17, 15) is 9.59 Å². The lowest BCUT2D eigenvalue weighted by Gasteiger charge is -2.28. The Bertz CT molecular complexity index is 327.